The van der Waals surface area contributed by atoms with E-state index >= 15 is 0 Å². The highest BCUT2D eigenvalue weighted by atomic mass is 32.2. The third-order valence-corrected chi connectivity index (χ3v) is 3.80. The molecule has 0 aliphatic rings. The molecule has 0 saturated carbocycles. The van der Waals surface area contributed by atoms with Crippen LogP contribution in [0.4, 0.5) is 5.69 Å². The van der Waals surface area contributed by atoms with Gasteiger partial charge in [-0.25, -0.2) is 0 Å². The zero-order valence-corrected chi connectivity index (χ0v) is 11.8. The lowest BCUT2D eigenvalue weighted by atomic mass is 10.1. The van der Waals surface area contributed by atoms with Crippen LogP contribution in [0.2, 0.25) is 0 Å². The third-order valence-electron chi connectivity index (χ3n) is 3.10. The predicted octanol–water partition coefficient (Wildman–Crippen LogP) is 4.79. The summed E-state index contributed by atoms with van der Waals surface area (Å²) in [4.78, 5) is 0. The number of rotatable bonds is 7. The summed E-state index contributed by atoms with van der Waals surface area (Å²) < 4.78 is 0. The molecule has 0 amide bonds. The Morgan fingerprint density at radius 1 is 0.944 bits per heavy atom. The molecule has 0 aliphatic heterocycles. The average molecular weight is 259 g/mol. The largest absolute Gasteiger partial charge is 0.385 e. The fraction of sp³-hybridized carbons (Fsp3) is 0.375. The van der Waals surface area contributed by atoms with E-state index in [4.69, 9.17) is 0 Å². The molecule has 2 rings (SSSR count). The van der Waals surface area contributed by atoms with Crippen LogP contribution in [0.25, 0.3) is 10.8 Å². The minimum Gasteiger partial charge on any atom is -0.385 e. The Kier molecular flexibility index (Phi) is 5.40. The smallest absolute Gasteiger partial charge is 0.0346 e. The van der Waals surface area contributed by atoms with Crippen LogP contribution >= 0.6 is 11.8 Å². The molecule has 2 heteroatoms. The summed E-state index contributed by atoms with van der Waals surface area (Å²) in [5.74, 6) is 1.29. The van der Waals surface area contributed by atoms with Crippen LogP contribution in [0.1, 0.15) is 19.3 Å². The lowest BCUT2D eigenvalue weighted by Gasteiger charge is -2.07. The Bertz CT molecular complexity index is 481. The van der Waals surface area contributed by atoms with E-state index in [0.717, 1.165) is 6.54 Å². The summed E-state index contributed by atoms with van der Waals surface area (Å²) in [7, 11) is 0. The van der Waals surface area contributed by atoms with Gasteiger partial charge < -0.3 is 5.32 Å². The van der Waals surface area contributed by atoms with E-state index in [2.05, 4.69) is 54.0 Å². The first-order valence-electron chi connectivity index (χ1n) is 6.62. The van der Waals surface area contributed by atoms with Gasteiger partial charge in [-0.05, 0) is 47.8 Å². The highest BCUT2D eigenvalue weighted by Gasteiger charge is 1.95. The molecule has 0 bridgehead atoms. The van der Waals surface area contributed by atoms with Crippen molar-refractivity contribution < 1.29 is 0 Å². The highest BCUT2D eigenvalue weighted by Crippen LogP contribution is 2.18. The first-order chi connectivity index (χ1) is 8.90. The van der Waals surface area contributed by atoms with Gasteiger partial charge in [0, 0.05) is 12.2 Å². The molecule has 2 aromatic rings. The normalized spacial score (nSPS) is 10.7. The monoisotopic (exact) mass is 259 g/mol. The van der Waals surface area contributed by atoms with Crippen LogP contribution in [-0.4, -0.2) is 18.6 Å². The molecule has 0 atom stereocenters. The van der Waals surface area contributed by atoms with Crippen molar-refractivity contribution in [3.8, 4) is 0 Å². The topological polar surface area (TPSA) is 12.0 Å². The molecule has 1 N–H and O–H groups in total. The van der Waals surface area contributed by atoms with E-state index in [9.17, 15) is 0 Å². The number of nitrogens with one attached hydrogen (secondary N) is 1. The van der Waals surface area contributed by atoms with Crippen molar-refractivity contribution in [1.82, 2.24) is 0 Å². The van der Waals surface area contributed by atoms with E-state index in [1.54, 1.807) is 0 Å². The standard InChI is InChI=1S/C16H21NS/c1-18-12-6-2-5-11-17-16-10-9-14-7-3-4-8-15(14)13-16/h3-4,7-10,13,17H,2,5-6,11-12H2,1H3. The van der Waals surface area contributed by atoms with Gasteiger partial charge in [0.25, 0.3) is 0 Å². The molecular weight excluding hydrogens is 238 g/mol. The van der Waals surface area contributed by atoms with Crippen LogP contribution in [0, 0.1) is 0 Å². The summed E-state index contributed by atoms with van der Waals surface area (Å²) in [6.07, 6.45) is 6.09. The van der Waals surface area contributed by atoms with Gasteiger partial charge in [0.2, 0.25) is 0 Å². The molecule has 0 fully saturated rings. The Morgan fingerprint density at radius 3 is 2.61 bits per heavy atom. The van der Waals surface area contributed by atoms with Gasteiger partial charge in [-0.15, -0.1) is 0 Å². The highest BCUT2D eigenvalue weighted by molar-refractivity contribution is 7.98. The van der Waals surface area contributed by atoms with Crippen molar-refractivity contribution in [1.29, 1.82) is 0 Å². The molecule has 1 nitrogen and oxygen atoms in total. The minimum absolute atomic E-state index is 1.08. The molecule has 0 saturated heterocycles. The van der Waals surface area contributed by atoms with Gasteiger partial charge in [-0.3, -0.25) is 0 Å². The molecule has 18 heavy (non-hydrogen) atoms. The quantitative estimate of drug-likeness (QED) is 0.718. The van der Waals surface area contributed by atoms with Gasteiger partial charge in [0.15, 0.2) is 0 Å². The molecule has 0 unspecified atom stereocenters. The van der Waals surface area contributed by atoms with E-state index in [1.807, 2.05) is 11.8 Å². The second-order valence-electron chi connectivity index (χ2n) is 4.54. The lowest BCUT2D eigenvalue weighted by Crippen LogP contribution is -2.01. The number of benzene rings is 2. The maximum atomic E-state index is 3.51. The van der Waals surface area contributed by atoms with Crippen LogP contribution in [0.5, 0.6) is 0 Å². The lowest BCUT2D eigenvalue weighted by molar-refractivity contribution is 0.750. The molecule has 0 aliphatic carbocycles. The number of hydrogen-bond acceptors (Lipinski definition) is 2. The Morgan fingerprint density at radius 2 is 1.78 bits per heavy atom. The van der Waals surface area contributed by atoms with Crippen molar-refractivity contribution in [2.45, 2.75) is 19.3 Å². The molecule has 0 aromatic heterocycles. The number of hydrogen-bond donors (Lipinski definition) is 1. The Balaban J connectivity index is 1.81. The second kappa shape index (κ2) is 7.32. The SMILES string of the molecule is CSCCCCCNc1ccc2ccccc2c1. The van der Waals surface area contributed by atoms with Crippen molar-refractivity contribution in [3.05, 3.63) is 42.5 Å². The van der Waals surface area contributed by atoms with Gasteiger partial charge in [-0.2, -0.15) is 11.8 Å². The van der Waals surface area contributed by atoms with Crippen LogP contribution in [-0.2, 0) is 0 Å². The maximum absolute atomic E-state index is 3.51. The van der Waals surface area contributed by atoms with E-state index in [-0.39, 0.29) is 0 Å². The van der Waals surface area contributed by atoms with E-state index in [0.29, 0.717) is 0 Å². The van der Waals surface area contributed by atoms with E-state index in [1.165, 1.54) is 41.5 Å². The average Bonchev–Trinajstić information content (AvgIpc) is 2.42. The zero-order valence-electron chi connectivity index (χ0n) is 11.0. The van der Waals surface area contributed by atoms with Crippen LogP contribution < -0.4 is 5.32 Å². The summed E-state index contributed by atoms with van der Waals surface area (Å²) in [5, 5.41) is 6.13. The summed E-state index contributed by atoms with van der Waals surface area (Å²) in [6, 6.07) is 15.1. The fourth-order valence-corrected chi connectivity index (χ4v) is 2.57. The maximum Gasteiger partial charge on any atom is 0.0346 e. The number of anilines is 1. The van der Waals surface area contributed by atoms with Gasteiger partial charge in [0.1, 0.15) is 0 Å². The molecule has 0 radical (unpaired) electrons. The van der Waals surface area contributed by atoms with Crippen LogP contribution in [0.3, 0.4) is 0 Å². The molecular formula is C16H21NS. The predicted molar refractivity (Wildman–Crippen MR) is 84.7 cm³/mol. The second-order valence-corrected chi connectivity index (χ2v) is 5.53. The summed E-state index contributed by atoms with van der Waals surface area (Å²) in [6.45, 7) is 1.08. The fourth-order valence-electron chi connectivity index (χ4n) is 2.08. The number of fused-ring (bicyclic) bond motifs is 1. The van der Waals surface area contributed by atoms with Crippen molar-refractivity contribution in [2.24, 2.45) is 0 Å². The minimum atomic E-state index is 1.08. The van der Waals surface area contributed by atoms with Gasteiger partial charge >= 0.3 is 0 Å². The third kappa shape index (κ3) is 3.95. The summed E-state index contributed by atoms with van der Waals surface area (Å²) >= 11 is 1.94. The van der Waals surface area contributed by atoms with Gasteiger partial charge in [-0.1, -0.05) is 36.8 Å². The van der Waals surface area contributed by atoms with Crippen molar-refractivity contribution in [3.63, 3.8) is 0 Å². The Labute approximate surface area is 114 Å². The first-order valence-corrected chi connectivity index (χ1v) is 8.01. The first kappa shape index (κ1) is 13.3. The zero-order chi connectivity index (χ0) is 12.6. The van der Waals surface area contributed by atoms with Gasteiger partial charge in [0.05, 0.1) is 0 Å². The van der Waals surface area contributed by atoms with Crippen LogP contribution in [0.15, 0.2) is 42.5 Å². The van der Waals surface area contributed by atoms with E-state index < -0.39 is 0 Å². The molecule has 96 valence electrons. The Hall–Kier alpha value is -1.15. The van der Waals surface area contributed by atoms with Crippen molar-refractivity contribution in [2.75, 3.05) is 23.9 Å². The number of unbranched alkanes of at least 4 members (excludes halogenated alkanes) is 2. The number of thioether (sulfide) groups is 1. The molecule has 0 heterocycles. The molecule has 0 spiro atoms. The van der Waals surface area contributed by atoms with Crippen molar-refractivity contribution >= 4 is 28.2 Å². The molecule has 2 aromatic carbocycles. The summed E-state index contributed by atoms with van der Waals surface area (Å²) in [5.41, 5.74) is 1.23.